The second kappa shape index (κ2) is 8.61. The second-order valence-corrected chi connectivity index (χ2v) is 7.38. The summed E-state index contributed by atoms with van der Waals surface area (Å²) in [6.07, 6.45) is 2.07. The summed E-state index contributed by atoms with van der Waals surface area (Å²) < 4.78 is 37.2. The summed E-state index contributed by atoms with van der Waals surface area (Å²) in [6.45, 7) is 0.127. The molecule has 4 rings (SSSR count). The third-order valence-corrected chi connectivity index (χ3v) is 5.36. The molecule has 0 fully saturated rings. The molecule has 0 spiro atoms. The Kier molecular flexibility index (Phi) is 5.76. The van der Waals surface area contributed by atoms with Crippen molar-refractivity contribution >= 4 is 28.0 Å². The molecule has 7 heteroatoms. The van der Waals surface area contributed by atoms with Gasteiger partial charge in [-0.15, -0.1) is 11.3 Å². The van der Waals surface area contributed by atoms with Crippen LogP contribution in [0, 0.1) is 0 Å². The Morgan fingerprint density at radius 2 is 1.93 bits per heavy atom. The maximum Gasteiger partial charge on any atom is 0.387 e. The van der Waals surface area contributed by atoms with E-state index in [-0.39, 0.29) is 5.75 Å². The van der Waals surface area contributed by atoms with E-state index < -0.39 is 6.61 Å². The summed E-state index contributed by atoms with van der Waals surface area (Å²) in [6, 6.07) is 16.3. The Morgan fingerprint density at radius 3 is 2.66 bits per heavy atom. The lowest BCUT2D eigenvalue weighted by Gasteiger charge is -2.06. The average Bonchev–Trinajstić information content (AvgIpc) is 3.31. The summed E-state index contributed by atoms with van der Waals surface area (Å²) in [5.41, 5.74) is 2.51. The fourth-order valence-electron chi connectivity index (χ4n) is 3.07. The highest BCUT2D eigenvalue weighted by Crippen LogP contribution is 2.28. The fraction of sp³-hybridized carbons (Fsp3) is 0.227. The van der Waals surface area contributed by atoms with Crippen LogP contribution in [0.3, 0.4) is 0 Å². The van der Waals surface area contributed by atoms with Gasteiger partial charge in [0.05, 0.1) is 11.4 Å². The number of hydrogen-bond acceptors (Lipinski definition) is 4. The van der Waals surface area contributed by atoms with Crippen LogP contribution in [-0.2, 0) is 6.54 Å². The molecule has 0 atom stereocenters. The van der Waals surface area contributed by atoms with E-state index in [1.807, 2.05) is 35.7 Å². The number of furan rings is 1. The van der Waals surface area contributed by atoms with E-state index in [4.69, 9.17) is 9.41 Å². The Balaban J connectivity index is 1.72. The molecule has 29 heavy (non-hydrogen) atoms. The van der Waals surface area contributed by atoms with Crippen molar-refractivity contribution in [2.75, 3.05) is 0 Å². The highest BCUT2D eigenvalue weighted by Gasteiger charge is 2.13. The number of para-hydroxylation sites is 1. The van der Waals surface area contributed by atoms with Crippen LogP contribution in [0.4, 0.5) is 14.5 Å². The van der Waals surface area contributed by atoms with Gasteiger partial charge in [0.2, 0.25) is 0 Å². The Morgan fingerprint density at radius 1 is 1.14 bits per heavy atom. The summed E-state index contributed by atoms with van der Waals surface area (Å²) in [5.74, 6) is 0.924. The molecule has 0 N–H and O–H groups in total. The van der Waals surface area contributed by atoms with Gasteiger partial charge >= 0.3 is 6.61 Å². The number of rotatable bonds is 7. The molecule has 150 valence electrons. The molecule has 0 radical (unpaired) electrons. The van der Waals surface area contributed by atoms with Crippen molar-refractivity contribution in [3.05, 3.63) is 64.8 Å². The number of thiazole rings is 1. The first-order chi connectivity index (χ1) is 14.1. The van der Waals surface area contributed by atoms with Gasteiger partial charge in [0.25, 0.3) is 0 Å². The minimum Gasteiger partial charge on any atom is -0.454 e. The van der Waals surface area contributed by atoms with Gasteiger partial charge in [-0.05, 0) is 42.8 Å². The zero-order chi connectivity index (χ0) is 20.2. The molecular formula is C22H20F2N2O2S. The van der Waals surface area contributed by atoms with Crippen molar-refractivity contribution in [1.29, 1.82) is 0 Å². The smallest absolute Gasteiger partial charge is 0.387 e. The quantitative estimate of drug-likeness (QED) is 0.342. The Hall–Kier alpha value is -2.93. The van der Waals surface area contributed by atoms with Crippen LogP contribution in [0.1, 0.15) is 19.8 Å². The molecule has 0 bridgehead atoms. The molecular weight excluding hydrogens is 394 g/mol. The highest BCUT2D eigenvalue weighted by molar-refractivity contribution is 7.07. The lowest BCUT2D eigenvalue weighted by atomic mass is 10.2. The van der Waals surface area contributed by atoms with E-state index >= 15 is 0 Å². The average molecular weight is 414 g/mol. The molecule has 0 aliphatic heterocycles. The summed E-state index contributed by atoms with van der Waals surface area (Å²) >= 11 is 1.53. The first-order valence-electron chi connectivity index (χ1n) is 9.41. The van der Waals surface area contributed by atoms with Gasteiger partial charge in [-0.1, -0.05) is 31.5 Å². The highest BCUT2D eigenvalue weighted by atomic mass is 32.1. The van der Waals surface area contributed by atoms with Crippen LogP contribution in [0.2, 0.25) is 0 Å². The maximum absolute atomic E-state index is 12.3. The summed E-state index contributed by atoms with van der Waals surface area (Å²) in [7, 11) is 0. The summed E-state index contributed by atoms with van der Waals surface area (Å²) in [4.78, 5) is 5.54. The van der Waals surface area contributed by atoms with Crippen LogP contribution in [0.25, 0.3) is 22.4 Å². The molecule has 2 heterocycles. The Labute approximate surface area is 170 Å². The molecule has 0 aliphatic rings. The Bertz CT molecular complexity index is 1130. The molecule has 0 unspecified atom stereocenters. The molecule has 4 nitrogen and oxygen atoms in total. The molecule has 2 aromatic carbocycles. The third-order valence-electron chi connectivity index (χ3n) is 4.50. The van der Waals surface area contributed by atoms with Crippen molar-refractivity contribution < 1.29 is 17.9 Å². The van der Waals surface area contributed by atoms with Crippen molar-refractivity contribution in [2.24, 2.45) is 4.99 Å². The largest absolute Gasteiger partial charge is 0.454 e. The van der Waals surface area contributed by atoms with E-state index in [0.29, 0.717) is 5.69 Å². The van der Waals surface area contributed by atoms with Crippen molar-refractivity contribution in [3.63, 3.8) is 0 Å². The van der Waals surface area contributed by atoms with E-state index in [1.54, 1.807) is 12.1 Å². The maximum atomic E-state index is 12.3. The van der Waals surface area contributed by atoms with Gasteiger partial charge in [0.1, 0.15) is 11.3 Å². The second-order valence-electron chi connectivity index (χ2n) is 6.54. The van der Waals surface area contributed by atoms with Gasteiger partial charge in [0, 0.05) is 17.3 Å². The predicted molar refractivity (Wildman–Crippen MR) is 111 cm³/mol. The van der Waals surface area contributed by atoms with Crippen molar-refractivity contribution in [3.8, 4) is 17.2 Å². The standard InChI is InChI=1S/C22H20F2N2O2S/c1-2-3-12-26-18(20-13-15-6-4-5-7-19(15)28-20)14-29-22(26)25-16-8-10-17(11-9-16)27-21(23)24/h4-11,13-14,21H,2-3,12H2,1H3. The van der Waals surface area contributed by atoms with E-state index in [9.17, 15) is 8.78 Å². The molecule has 0 saturated heterocycles. The number of benzene rings is 2. The SMILES string of the molecule is CCCCn1c(-c2cc3ccccc3o2)csc1=Nc1ccc(OC(F)F)cc1. The van der Waals surface area contributed by atoms with E-state index in [2.05, 4.69) is 16.2 Å². The zero-order valence-corrected chi connectivity index (χ0v) is 16.7. The van der Waals surface area contributed by atoms with Gasteiger partial charge < -0.3 is 13.7 Å². The first kappa shape index (κ1) is 19.4. The number of fused-ring (bicyclic) bond motifs is 1. The van der Waals surface area contributed by atoms with Gasteiger partial charge in [-0.3, -0.25) is 0 Å². The van der Waals surface area contributed by atoms with Crippen LogP contribution < -0.4 is 9.54 Å². The monoisotopic (exact) mass is 414 g/mol. The fourth-order valence-corrected chi connectivity index (χ4v) is 4.01. The third kappa shape index (κ3) is 4.40. The molecule has 2 aromatic heterocycles. The lowest BCUT2D eigenvalue weighted by Crippen LogP contribution is -2.15. The minimum atomic E-state index is -2.84. The van der Waals surface area contributed by atoms with Crippen LogP contribution in [-0.4, -0.2) is 11.2 Å². The predicted octanol–water partition coefficient (Wildman–Crippen LogP) is 6.60. The lowest BCUT2D eigenvalue weighted by molar-refractivity contribution is -0.0498. The number of alkyl halides is 2. The molecule has 0 aliphatic carbocycles. The van der Waals surface area contributed by atoms with Gasteiger partial charge in [-0.25, -0.2) is 4.99 Å². The van der Waals surface area contributed by atoms with E-state index in [1.165, 1.54) is 23.5 Å². The van der Waals surface area contributed by atoms with Crippen molar-refractivity contribution in [1.82, 2.24) is 4.57 Å². The van der Waals surface area contributed by atoms with E-state index in [0.717, 1.165) is 46.6 Å². The molecule has 0 amide bonds. The number of halogens is 2. The molecule has 4 aromatic rings. The first-order valence-corrected chi connectivity index (χ1v) is 10.3. The summed E-state index contributed by atoms with van der Waals surface area (Å²) in [5, 5.41) is 3.10. The van der Waals surface area contributed by atoms with Crippen LogP contribution in [0.15, 0.2) is 69.4 Å². The number of nitrogens with zero attached hydrogens (tertiary/aromatic N) is 2. The van der Waals surface area contributed by atoms with Gasteiger partial charge in [-0.2, -0.15) is 8.78 Å². The zero-order valence-electron chi connectivity index (χ0n) is 15.8. The van der Waals surface area contributed by atoms with Crippen LogP contribution >= 0.6 is 11.3 Å². The van der Waals surface area contributed by atoms with Crippen LogP contribution in [0.5, 0.6) is 5.75 Å². The van der Waals surface area contributed by atoms with Gasteiger partial charge in [0.15, 0.2) is 10.6 Å². The number of unbranched alkanes of at least 4 members (excludes halogenated alkanes) is 1. The number of aromatic nitrogens is 1. The molecule has 0 saturated carbocycles. The number of hydrogen-bond donors (Lipinski definition) is 0. The van der Waals surface area contributed by atoms with Crippen molar-refractivity contribution in [2.45, 2.75) is 32.9 Å². The number of ether oxygens (including phenoxy) is 1. The topological polar surface area (TPSA) is 39.7 Å². The minimum absolute atomic E-state index is 0.118. The normalized spacial score (nSPS) is 12.2.